The second kappa shape index (κ2) is 9.06. The number of rotatable bonds is 7. The van der Waals surface area contributed by atoms with Crippen molar-refractivity contribution in [3.05, 3.63) is 28.2 Å². The first-order valence-corrected chi connectivity index (χ1v) is 9.92. The fraction of sp³-hybridized carbons (Fsp3) is 0.600. The third kappa shape index (κ3) is 5.94. The summed E-state index contributed by atoms with van der Waals surface area (Å²) in [6.45, 7) is 12.2. The fourth-order valence-electron chi connectivity index (χ4n) is 2.62. The van der Waals surface area contributed by atoms with Crippen molar-refractivity contribution >= 4 is 27.6 Å². The molecule has 2 rings (SSSR count). The lowest BCUT2D eigenvalue weighted by Crippen LogP contribution is -2.39. The predicted octanol–water partition coefficient (Wildman–Crippen LogP) is 4.33. The number of carbonyl (C=O) groups excluding carboxylic acids is 1. The Labute approximate surface area is 169 Å². The number of hydrogen-bond acceptors (Lipinski definition) is 6. The molecule has 27 heavy (non-hydrogen) atoms. The van der Waals surface area contributed by atoms with Gasteiger partial charge in [-0.2, -0.15) is 0 Å². The van der Waals surface area contributed by atoms with Crippen LogP contribution in [-0.4, -0.2) is 42.7 Å². The number of hydrogen-bond donors (Lipinski definition) is 0. The van der Waals surface area contributed by atoms with Crippen LogP contribution in [0.4, 0.5) is 0 Å². The van der Waals surface area contributed by atoms with Gasteiger partial charge in [-0.05, 0) is 45.9 Å². The van der Waals surface area contributed by atoms with Gasteiger partial charge in [-0.25, -0.2) is 4.79 Å². The van der Waals surface area contributed by atoms with Gasteiger partial charge in [-0.15, -0.1) is 0 Å². The average Bonchev–Trinajstić information content (AvgIpc) is 3.00. The Morgan fingerprint density at radius 1 is 1.37 bits per heavy atom. The van der Waals surface area contributed by atoms with Crippen LogP contribution in [0.1, 0.15) is 47.1 Å². The summed E-state index contributed by atoms with van der Waals surface area (Å²) in [6, 6.07) is 5.56. The highest BCUT2D eigenvalue weighted by atomic mass is 79.9. The van der Waals surface area contributed by atoms with Crippen molar-refractivity contribution < 1.29 is 23.8 Å². The van der Waals surface area contributed by atoms with E-state index in [1.807, 2.05) is 59.7 Å². The molecule has 1 aromatic carbocycles. The molecular formula is C20H28BrNO5. The molecule has 150 valence electrons. The summed E-state index contributed by atoms with van der Waals surface area (Å²) in [5.41, 5.74) is 0.800. The molecule has 1 aromatic rings. The highest BCUT2D eigenvalue weighted by Gasteiger charge is 2.33. The van der Waals surface area contributed by atoms with Gasteiger partial charge in [0.15, 0.2) is 6.10 Å². The maximum Gasteiger partial charge on any atom is 0.348 e. The number of carbonyl (C=O) groups is 1. The highest BCUT2D eigenvalue weighted by molar-refractivity contribution is 9.10. The summed E-state index contributed by atoms with van der Waals surface area (Å²) in [5.74, 6) is 0.0786. The average molecular weight is 442 g/mol. The van der Waals surface area contributed by atoms with Gasteiger partial charge in [0.2, 0.25) is 0 Å². The molecule has 0 spiro atoms. The molecule has 2 atom stereocenters. The number of oxime groups is 1. The largest absolute Gasteiger partial charge is 0.478 e. The fourth-order valence-corrected chi connectivity index (χ4v) is 2.98. The van der Waals surface area contributed by atoms with Gasteiger partial charge in [0, 0.05) is 22.6 Å². The van der Waals surface area contributed by atoms with Crippen LogP contribution in [0.15, 0.2) is 27.8 Å². The normalized spacial score (nSPS) is 18.1. The van der Waals surface area contributed by atoms with E-state index in [0.717, 1.165) is 10.0 Å². The van der Waals surface area contributed by atoms with Crippen LogP contribution in [0, 0.1) is 5.92 Å². The van der Waals surface area contributed by atoms with Crippen LogP contribution in [0.25, 0.3) is 0 Å². The Balaban J connectivity index is 2.33. The summed E-state index contributed by atoms with van der Waals surface area (Å²) in [5, 5.41) is 4.14. The number of nitrogens with zero attached hydrogens (tertiary/aromatic N) is 1. The Hall–Kier alpha value is -1.60. The minimum Gasteiger partial charge on any atom is -0.478 e. The zero-order valence-corrected chi connectivity index (χ0v) is 18.3. The minimum absolute atomic E-state index is 0.0687. The molecule has 6 nitrogen and oxygen atoms in total. The quantitative estimate of drug-likeness (QED) is 0.588. The van der Waals surface area contributed by atoms with Crippen molar-refractivity contribution in [2.75, 3.05) is 13.2 Å². The molecule has 0 saturated heterocycles. The summed E-state index contributed by atoms with van der Waals surface area (Å²) in [4.78, 5) is 17.9. The highest BCUT2D eigenvalue weighted by Crippen LogP contribution is 2.30. The van der Waals surface area contributed by atoms with Crippen molar-refractivity contribution in [1.29, 1.82) is 0 Å². The Morgan fingerprint density at radius 3 is 2.67 bits per heavy atom. The Morgan fingerprint density at radius 2 is 2.07 bits per heavy atom. The first-order chi connectivity index (χ1) is 12.6. The smallest absolute Gasteiger partial charge is 0.348 e. The number of ether oxygens (including phenoxy) is 3. The van der Waals surface area contributed by atoms with Crippen LogP contribution >= 0.6 is 15.9 Å². The molecule has 0 aliphatic carbocycles. The molecule has 0 amide bonds. The monoisotopic (exact) mass is 441 g/mol. The molecule has 0 radical (unpaired) electrons. The molecule has 0 aromatic heterocycles. The standard InChI is InChI=1S/C20H28BrNO5/c1-7-24-16-11-25-22-17(16)14-10-13(21)8-9-15(14)26-18(12(2)3)19(23)27-20(4,5)6/h8-10,12,16,18H,7,11H2,1-6H3/t16?,18-/m0/s1. The first-order valence-electron chi connectivity index (χ1n) is 9.13. The molecule has 1 aliphatic rings. The van der Waals surface area contributed by atoms with Crippen molar-refractivity contribution in [2.45, 2.75) is 59.4 Å². The Kier molecular flexibility index (Phi) is 7.28. The number of benzene rings is 1. The van der Waals surface area contributed by atoms with Crippen LogP contribution in [0.3, 0.4) is 0 Å². The lowest BCUT2D eigenvalue weighted by molar-refractivity contribution is -0.165. The zero-order valence-electron chi connectivity index (χ0n) is 16.7. The summed E-state index contributed by atoms with van der Waals surface area (Å²) in [6.07, 6.45) is -1.01. The van der Waals surface area contributed by atoms with Gasteiger partial charge >= 0.3 is 5.97 Å². The van der Waals surface area contributed by atoms with E-state index < -0.39 is 17.7 Å². The van der Waals surface area contributed by atoms with Gasteiger partial charge in [0.25, 0.3) is 0 Å². The van der Waals surface area contributed by atoms with Gasteiger partial charge in [0.05, 0.1) is 0 Å². The van der Waals surface area contributed by atoms with Gasteiger partial charge in [-0.3, -0.25) is 0 Å². The third-order valence-electron chi connectivity index (χ3n) is 3.78. The molecular weight excluding hydrogens is 414 g/mol. The zero-order chi connectivity index (χ0) is 20.2. The molecule has 1 aliphatic heterocycles. The topological polar surface area (TPSA) is 66.3 Å². The molecule has 0 fully saturated rings. The van der Waals surface area contributed by atoms with E-state index in [-0.39, 0.29) is 12.0 Å². The molecule has 0 N–H and O–H groups in total. The van der Waals surface area contributed by atoms with E-state index >= 15 is 0 Å². The van der Waals surface area contributed by atoms with Crippen molar-refractivity contribution in [2.24, 2.45) is 11.1 Å². The van der Waals surface area contributed by atoms with Gasteiger partial charge < -0.3 is 19.0 Å². The summed E-state index contributed by atoms with van der Waals surface area (Å²) in [7, 11) is 0. The molecule has 0 saturated carbocycles. The third-order valence-corrected chi connectivity index (χ3v) is 4.27. The Bertz CT molecular complexity index is 696. The van der Waals surface area contributed by atoms with E-state index in [9.17, 15) is 4.79 Å². The van der Waals surface area contributed by atoms with E-state index in [2.05, 4.69) is 21.1 Å². The van der Waals surface area contributed by atoms with Crippen molar-refractivity contribution in [3.63, 3.8) is 0 Å². The van der Waals surface area contributed by atoms with Crippen LogP contribution in [0.2, 0.25) is 0 Å². The van der Waals surface area contributed by atoms with E-state index in [0.29, 0.717) is 24.7 Å². The maximum atomic E-state index is 12.6. The summed E-state index contributed by atoms with van der Waals surface area (Å²) >= 11 is 3.48. The SMILES string of the molecule is CCOC1CON=C1c1cc(Br)ccc1O[C@H](C(=O)OC(C)(C)C)C(C)C. The van der Waals surface area contributed by atoms with Crippen LogP contribution in [-0.2, 0) is 19.1 Å². The van der Waals surface area contributed by atoms with Crippen LogP contribution in [0.5, 0.6) is 5.75 Å². The molecule has 1 heterocycles. The lowest BCUT2D eigenvalue weighted by atomic mass is 10.0. The van der Waals surface area contributed by atoms with E-state index in [4.69, 9.17) is 19.0 Å². The van der Waals surface area contributed by atoms with Crippen molar-refractivity contribution in [3.8, 4) is 5.75 Å². The van der Waals surface area contributed by atoms with Crippen LogP contribution < -0.4 is 4.74 Å². The first kappa shape index (κ1) is 21.7. The van der Waals surface area contributed by atoms with Gasteiger partial charge in [-0.1, -0.05) is 34.9 Å². The molecule has 0 bridgehead atoms. The predicted molar refractivity (Wildman–Crippen MR) is 107 cm³/mol. The summed E-state index contributed by atoms with van der Waals surface area (Å²) < 4.78 is 18.2. The minimum atomic E-state index is -0.738. The second-order valence-electron chi connectivity index (χ2n) is 7.67. The number of halogens is 1. The molecule has 1 unspecified atom stereocenters. The molecule has 7 heteroatoms. The lowest BCUT2D eigenvalue weighted by Gasteiger charge is -2.27. The van der Waals surface area contributed by atoms with E-state index in [1.54, 1.807) is 0 Å². The van der Waals surface area contributed by atoms with Gasteiger partial charge in [0.1, 0.15) is 29.8 Å². The second-order valence-corrected chi connectivity index (χ2v) is 8.59. The van der Waals surface area contributed by atoms with E-state index in [1.165, 1.54) is 0 Å². The number of esters is 1. The van der Waals surface area contributed by atoms with Crippen molar-refractivity contribution in [1.82, 2.24) is 0 Å². The maximum absolute atomic E-state index is 12.6.